The Bertz CT molecular complexity index is 401. The summed E-state index contributed by atoms with van der Waals surface area (Å²) in [4.78, 5) is 6.78. The van der Waals surface area contributed by atoms with Gasteiger partial charge in [-0.2, -0.15) is 26.3 Å². The smallest absolute Gasteiger partial charge is 0.354 e. The zero-order valence-electron chi connectivity index (χ0n) is 9.65. The van der Waals surface area contributed by atoms with E-state index >= 15 is 0 Å². The van der Waals surface area contributed by atoms with Crippen molar-refractivity contribution in [2.45, 2.75) is 31.6 Å². The molecule has 0 fully saturated rings. The minimum Gasteiger partial charge on any atom is -0.354 e. The normalized spacial score (nSPS) is 12.5. The number of nitrogens with zero attached hydrogens (tertiary/aromatic N) is 2. The fraction of sp³-hybridized carbons (Fsp3) is 0.600. The van der Waals surface area contributed by atoms with Crippen LogP contribution in [0.2, 0.25) is 0 Å². The molecular weight excluding hydrogens is 276 g/mol. The average Bonchev–Trinajstić information content (AvgIpc) is 2.26. The van der Waals surface area contributed by atoms with Crippen LogP contribution in [0.5, 0.6) is 0 Å². The Labute approximate surface area is 105 Å². The van der Waals surface area contributed by atoms with Gasteiger partial charge in [-0.05, 0) is 18.9 Å². The minimum absolute atomic E-state index is 0.0807. The van der Waals surface area contributed by atoms with Crippen molar-refractivity contribution in [3.05, 3.63) is 18.0 Å². The quantitative estimate of drug-likeness (QED) is 0.663. The molecule has 1 heterocycles. The molecule has 108 valence electrons. The van der Waals surface area contributed by atoms with Gasteiger partial charge in [0, 0.05) is 19.2 Å². The van der Waals surface area contributed by atoms with E-state index in [-0.39, 0.29) is 25.3 Å². The lowest BCUT2D eigenvalue weighted by Crippen LogP contribution is -2.13. The van der Waals surface area contributed by atoms with Gasteiger partial charge in [0.25, 0.3) is 0 Å². The Kier molecular flexibility index (Phi) is 4.96. The highest BCUT2D eigenvalue weighted by atomic mass is 19.4. The Morgan fingerprint density at radius 1 is 1.05 bits per heavy atom. The first-order chi connectivity index (χ1) is 8.68. The first-order valence-corrected chi connectivity index (χ1v) is 5.39. The highest BCUT2D eigenvalue weighted by Gasteiger charge is 2.32. The molecule has 0 bridgehead atoms. The third-order valence-electron chi connectivity index (χ3n) is 2.12. The number of hydrogen-bond donors (Lipinski definition) is 1. The van der Waals surface area contributed by atoms with E-state index < -0.39 is 24.5 Å². The lowest BCUT2D eigenvalue weighted by molar-refractivity contribution is -0.141. The Hall–Kier alpha value is -1.54. The van der Waals surface area contributed by atoms with Crippen LogP contribution in [0, 0.1) is 0 Å². The molecule has 19 heavy (non-hydrogen) atoms. The fourth-order valence-electron chi connectivity index (χ4n) is 1.25. The molecule has 0 amide bonds. The largest absolute Gasteiger partial charge is 0.433 e. The van der Waals surface area contributed by atoms with E-state index in [1.54, 1.807) is 0 Å². The van der Waals surface area contributed by atoms with Gasteiger partial charge in [0.05, 0.1) is 0 Å². The van der Waals surface area contributed by atoms with Crippen LogP contribution in [-0.4, -0.2) is 22.7 Å². The molecule has 0 unspecified atom stereocenters. The molecule has 1 aromatic rings. The summed E-state index contributed by atoms with van der Waals surface area (Å²) >= 11 is 0. The maximum absolute atomic E-state index is 12.3. The summed E-state index contributed by atoms with van der Waals surface area (Å²) in [6.07, 6.45) is -8.71. The Morgan fingerprint density at radius 3 is 2.32 bits per heavy atom. The van der Waals surface area contributed by atoms with E-state index in [1.807, 2.05) is 0 Å². The van der Waals surface area contributed by atoms with E-state index in [9.17, 15) is 26.3 Å². The predicted octanol–water partition coefficient (Wildman–Crippen LogP) is 3.64. The first-order valence-electron chi connectivity index (χ1n) is 5.39. The molecule has 0 aromatic carbocycles. The summed E-state index contributed by atoms with van der Waals surface area (Å²) in [6.45, 7) is 0.0807. The van der Waals surface area contributed by atoms with Crippen molar-refractivity contribution in [1.29, 1.82) is 0 Å². The van der Waals surface area contributed by atoms with E-state index in [2.05, 4.69) is 15.3 Å². The van der Waals surface area contributed by atoms with Gasteiger partial charge in [0.2, 0.25) is 5.95 Å². The number of hydrogen-bond acceptors (Lipinski definition) is 3. The molecule has 0 aliphatic carbocycles. The van der Waals surface area contributed by atoms with E-state index in [4.69, 9.17) is 0 Å². The van der Waals surface area contributed by atoms with Gasteiger partial charge in [-0.1, -0.05) is 0 Å². The van der Waals surface area contributed by atoms with Crippen LogP contribution in [0.1, 0.15) is 25.0 Å². The summed E-state index contributed by atoms with van der Waals surface area (Å²) in [7, 11) is 0. The third kappa shape index (κ3) is 6.25. The number of halogens is 6. The van der Waals surface area contributed by atoms with Gasteiger partial charge in [-0.3, -0.25) is 0 Å². The number of unbranched alkanes of at least 4 members (excludes halogenated alkanes) is 1. The van der Waals surface area contributed by atoms with Crippen molar-refractivity contribution in [2.75, 3.05) is 11.9 Å². The summed E-state index contributed by atoms with van der Waals surface area (Å²) in [6, 6.07) is 0.717. The fourth-order valence-corrected chi connectivity index (χ4v) is 1.25. The highest BCUT2D eigenvalue weighted by molar-refractivity contribution is 5.25. The molecule has 1 rings (SSSR count). The second-order valence-corrected chi connectivity index (χ2v) is 3.76. The number of aromatic nitrogens is 2. The summed E-state index contributed by atoms with van der Waals surface area (Å²) < 4.78 is 72.4. The topological polar surface area (TPSA) is 37.8 Å². The van der Waals surface area contributed by atoms with Crippen molar-refractivity contribution >= 4 is 5.95 Å². The lowest BCUT2D eigenvalue weighted by Gasteiger charge is -2.09. The van der Waals surface area contributed by atoms with Crippen molar-refractivity contribution in [3.63, 3.8) is 0 Å². The third-order valence-corrected chi connectivity index (χ3v) is 2.12. The first kappa shape index (κ1) is 15.5. The van der Waals surface area contributed by atoms with Crippen molar-refractivity contribution < 1.29 is 26.3 Å². The maximum atomic E-state index is 12.3. The molecule has 1 aromatic heterocycles. The SMILES string of the molecule is FC(F)(F)CCCCNc1nccc(C(F)(F)F)n1. The van der Waals surface area contributed by atoms with E-state index in [0.29, 0.717) is 0 Å². The number of nitrogens with one attached hydrogen (secondary N) is 1. The molecule has 1 N–H and O–H groups in total. The van der Waals surface area contributed by atoms with Crippen molar-refractivity contribution in [2.24, 2.45) is 0 Å². The number of alkyl halides is 6. The standard InChI is InChI=1S/C10H11F6N3/c11-9(12,13)4-1-2-5-17-8-18-6-3-7(19-8)10(14,15)16/h3,6H,1-2,4-5H2,(H,17,18,19). The van der Waals surface area contributed by atoms with Gasteiger partial charge in [-0.15, -0.1) is 0 Å². The average molecular weight is 287 g/mol. The van der Waals surface area contributed by atoms with Crippen LogP contribution in [0.15, 0.2) is 12.3 Å². The summed E-state index contributed by atoms with van der Waals surface area (Å²) in [5.41, 5.74) is -1.10. The molecule has 0 atom stereocenters. The van der Waals surface area contributed by atoms with Crippen molar-refractivity contribution in [3.8, 4) is 0 Å². The monoisotopic (exact) mass is 287 g/mol. The van der Waals surface area contributed by atoms with Crippen LogP contribution in [0.25, 0.3) is 0 Å². The van der Waals surface area contributed by atoms with Gasteiger partial charge < -0.3 is 5.32 Å². The van der Waals surface area contributed by atoms with Crippen LogP contribution >= 0.6 is 0 Å². The molecule has 0 aliphatic rings. The summed E-state index contributed by atoms with van der Waals surface area (Å²) in [5, 5.41) is 2.45. The highest BCUT2D eigenvalue weighted by Crippen LogP contribution is 2.27. The molecule has 9 heteroatoms. The predicted molar refractivity (Wildman–Crippen MR) is 55.4 cm³/mol. The molecule has 0 saturated carbocycles. The molecule has 3 nitrogen and oxygen atoms in total. The number of anilines is 1. The van der Waals surface area contributed by atoms with Gasteiger partial charge in [-0.25, -0.2) is 9.97 Å². The van der Waals surface area contributed by atoms with Crippen LogP contribution in [-0.2, 0) is 6.18 Å². The van der Waals surface area contributed by atoms with Gasteiger partial charge >= 0.3 is 12.4 Å². The Morgan fingerprint density at radius 2 is 1.74 bits per heavy atom. The minimum atomic E-state index is -4.57. The van der Waals surface area contributed by atoms with Crippen LogP contribution in [0.4, 0.5) is 32.3 Å². The zero-order valence-corrected chi connectivity index (χ0v) is 9.65. The summed E-state index contributed by atoms with van der Waals surface area (Å²) in [5.74, 6) is -0.248. The number of rotatable bonds is 5. The maximum Gasteiger partial charge on any atom is 0.433 e. The molecule has 0 radical (unpaired) electrons. The van der Waals surface area contributed by atoms with Gasteiger partial charge in [0.15, 0.2) is 0 Å². The molecule has 0 aliphatic heterocycles. The Balaban J connectivity index is 2.38. The lowest BCUT2D eigenvalue weighted by atomic mass is 10.2. The van der Waals surface area contributed by atoms with E-state index in [0.717, 1.165) is 12.3 Å². The van der Waals surface area contributed by atoms with E-state index in [1.165, 1.54) is 0 Å². The second-order valence-electron chi connectivity index (χ2n) is 3.76. The zero-order chi connectivity index (χ0) is 14.5. The molecule has 0 spiro atoms. The second kappa shape index (κ2) is 6.07. The van der Waals surface area contributed by atoms with Crippen LogP contribution in [0.3, 0.4) is 0 Å². The molecular formula is C10H11F6N3. The van der Waals surface area contributed by atoms with Crippen LogP contribution < -0.4 is 5.32 Å². The van der Waals surface area contributed by atoms with Crippen molar-refractivity contribution in [1.82, 2.24) is 9.97 Å². The molecule has 0 saturated heterocycles. The van der Waals surface area contributed by atoms with Gasteiger partial charge in [0.1, 0.15) is 5.69 Å².